The lowest BCUT2D eigenvalue weighted by Crippen LogP contribution is -2.08. The van der Waals surface area contributed by atoms with Crippen LogP contribution in [-0.2, 0) is 0 Å². The predicted molar refractivity (Wildman–Crippen MR) is 123 cm³/mol. The van der Waals surface area contributed by atoms with Crippen LogP contribution in [0.15, 0.2) is 18.2 Å². The van der Waals surface area contributed by atoms with E-state index in [0.717, 1.165) is 0 Å². The van der Waals surface area contributed by atoms with Crippen molar-refractivity contribution in [2.24, 2.45) is 11.8 Å². The number of hydrogen-bond acceptors (Lipinski definition) is 6. The van der Waals surface area contributed by atoms with Gasteiger partial charge in [0.1, 0.15) is 22.9 Å². The molecule has 0 radical (unpaired) electrons. The van der Waals surface area contributed by atoms with Crippen LogP contribution >= 0.6 is 23.2 Å². The maximum absolute atomic E-state index is 11.9. The first-order chi connectivity index (χ1) is 14.6. The minimum atomic E-state index is -0.686. The summed E-state index contributed by atoms with van der Waals surface area (Å²) in [7, 11) is 0. The van der Waals surface area contributed by atoms with Gasteiger partial charge < -0.3 is 9.47 Å². The van der Waals surface area contributed by atoms with Crippen LogP contribution in [0.1, 0.15) is 54.2 Å². The van der Waals surface area contributed by atoms with Gasteiger partial charge in [0.2, 0.25) is 0 Å². The Morgan fingerprint density at radius 2 is 1.19 bits per heavy atom. The van der Waals surface area contributed by atoms with Crippen molar-refractivity contribution in [3.8, 4) is 11.5 Å². The van der Waals surface area contributed by atoms with Crippen LogP contribution in [-0.4, -0.2) is 33.7 Å². The van der Waals surface area contributed by atoms with Crippen LogP contribution in [0, 0.1) is 18.8 Å². The van der Waals surface area contributed by atoms with E-state index >= 15 is 0 Å². The fourth-order valence-electron chi connectivity index (χ4n) is 3.12. The molecule has 0 saturated heterocycles. The maximum atomic E-state index is 11.9. The number of carbonyl (C=O) groups is 2. The highest BCUT2D eigenvalue weighted by molar-refractivity contribution is 6.67. The van der Waals surface area contributed by atoms with Gasteiger partial charge in [-0.25, -0.2) is 9.97 Å². The third kappa shape index (κ3) is 5.08. The zero-order chi connectivity index (χ0) is 22.9. The van der Waals surface area contributed by atoms with Gasteiger partial charge in [0.15, 0.2) is 0 Å². The molecule has 0 unspecified atom stereocenters. The molecule has 0 aliphatic carbocycles. The molecule has 0 atom stereocenters. The molecule has 3 aromatic rings. The second-order valence-corrected chi connectivity index (χ2v) is 8.95. The van der Waals surface area contributed by atoms with Crippen molar-refractivity contribution in [2.45, 2.75) is 34.6 Å². The third-order valence-corrected chi connectivity index (χ3v) is 4.97. The largest absolute Gasteiger partial charge is 0.493 e. The Hall–Kier alpha value is -2.44. The van der Waals surface area contributed by atoms with Crippen molar-refractivity contribution in [3.63, 3.8) is 0 Å². The summed E-state index contributed by atoms with van der Waals surface area (Å²) in [5, 5.41) is 0.0331. The van der Waals surface area contributed by atoms with Crippen LogP contribution in [0.2, 0.25) is 0 Å². The summed E-state index contributed by atoms with van der Waals surface area (Å²) in [4.78, 5) is 32.6. The van der Waals surface area contributed by atoms with Gasteiger partial charge >= 0.3 is 0 Å². The van der Waals surface area contributed by atoms with Crippen molar-refractivity contribution < 1.29 is 19.1 Å². The van der Waals surface area contributed by atoms with Gasteiger partial charge in [0.05, 0.1) is 24.2 Å². The lowest BCUT2D eigenvalue weighted by molar-refractivity contribution is 0.106. The van der Waals surface area contributed by atoms with Crippen LogP contribution < -0.4 is 9.47 Å². The number of benzene rings is 1. The van der Waals surface area contributed by atoms with Crippen molar-refractivity contribution >= 4 is 55.5 Å². The van der Waals surface area contributed by atoms with Gasteiger partial charge in [-0.15, -0.1) is 0 Å². The Labute approximate surface area is 190 Å². The molecule has 0 saturated carbocycles. The molecule has 6 nitrogen and oxygen atoms in total. The lowest BCUT2D eigenvalue weighted by atomic mass is 10.0. The standard InChI is InChI=1S/C23H24Cl2N2O4/c1-11(2)9-30-18-7-16(22(24)28)26-20-13(5)21-15(6-14(18)20)19(31-10-12(3)4)8-17(27-21)23(25)29/h6-8,11-12H,9-10H2,1-5H3. The maximum Gasteiger partial charge on any atom is 0.270 e. The molecule has 0 fully saturated rings. The summed E-state index contributed by atoms with van der Waals surface area (Å²) in [5.74, 6) is 1.56. The van der Waals surface area contributed by atoms with Crippen molar-refractivity contribution in [1.29, 1.82) is 0 Å². The van der Waals surface area contributed by atoms with Crippen LogP contribution in [0.25, 0.3) is 21.8 Å². The number of rotatable bonds is 8. The molecule has 0 bridgehead atoms. The molecule has 0 aliphatic heterocycles. The molecule has 1 aromatic carbocycles. The van der Waals surface area contributed by atoms with Crippen molar-refractivity contribution in [1.82, 2.24) is 9.97 Å². The molecule has 0 amide bonds. The average molecular weight is 463 g/mol. The number of aryl methyl sites for hydroxylation is 1. The second kappa shape index (κ2) is 9.37. The molecule has 2 heterocycles. The van der Waals surface area contributed by atoms with Gasteiger partial charge in [-0.05, 0) is 48.0 Å². The third-order valence-electron chi connectivity index (χ3n) is 4.59. The molecular weight excluding hydrogens is 439 g/mol. The molecule has 3 rings (SSSR count). The Balaban J connectivity index is 2.36. The van der Waals surface area contributed by atoms with Gasteiger partial charge in [0.25, 0.3) is 10.5 Å². The Morgan fingerprint density at radius 1 is 0.806 bits per heavy atom. The summed E-state index contributed by atoms with van der Waals surface area (Å²) in [6.45, 7) is 10.9. The summed E-state index contributed by atoms with van der Waals surface area (Å²) >= 11 is 11.4. The van der Waals surface area contributed by atoms with E-state index in [1.54, 1.807) is 12.1 Å². The fourth-order valence-corrected chi connectivity index (χ4v) is 3.32. The molecule has 31 heavy (non-hydrogen) atoms. The number of nitrogens with zero attached hydrogens (tertiary/aromatic N) is 2. The lowest BCUT2D eigenvalue weighted by Gasteiger charge is -2.17. The normalized spacial score (nSPS) is 11.5. The topological polar surface area (TPSA) is 78.4 Å². The van der Waals surface area contributed by atoms with Gasteiger partial charge in [-0.2, -0.15) is 0 Å². The monoisotopic (exact) mass is 462 g/mol. The smallest absolute Gasteiger partial charge is 0.270 e. The van der Waals surface area contributed by atoms with Crippen molar-refractivity contribution in [3.05, 3.63) is 35.2 Å². The number of aromatic nitrogens is 2. The summed E-state index contributed by atoms with van der Waals surface area (Å²) in [5.41, 5.74) is 1.85. The molecular formula is C23H24Cl2N2O4. The number of carbonyl (C=O) groups excluding carboxylic acids is 2. The van der Waals surface area contributed by atoms with E-state index in [-0.39, 0.29) is 23.2 Å². The first kappa shape index (κ1) is 23.2. The van der Waals surface area contributed by atoms with E-state index in [9.17, 15) is 9.59 Å². The fraction of sp³-hybridized carbons (Fsp3) is 0.391. The highest BCUT2D eigenvalue weighted by Gasteiger charge is 2.20. The second-order valence-electron chi connectivity index (χ2n) is 8.26. The number of hydrogen-bond donors (Lipinski definition) is 0. The average Bonchev–Trinajstić information content (AvgIpc) is 2.70. The quantitative estimate of drug-likeness (QED) is 0.305. The van der Waals surface area contributed by atoms with E-state index in [2.05, 4.69) is 9.97 Å². The highest BCUT2D eigenvalue weighted by Crippen LogP contribution is 2.37. The van der Waals surface area contributed by atoms with Gasteiger partial charge in [-0.3, -0.25) is 9.59 Å². The zero-order valence-corrected chi connectivity index (χ0v) is 19.6. The minimum absolute atomic E-state index is 0.0798. The van der Waals surface area contributed by atoms with E-state index in [0.29, 0.717) is 52.1 Å². The first-order valence-corrected chi connectivity index (χ1v) is 10.8. The molecule has 0 N–H and O–H groups in total. The van der Waals surface area contributed by atoms with Crippen LogP contribution in [0.5, 0.6) is 11.5 Å². The van der Waals surface area contributed by atoms with E-state index in [1.807, 2.05) is 40.7 Å². The SMILES string of the molecule is Cc1c2nc(C(=O)Cl)cc(OCC(C)C)c2cc2c(OCC(C)C)cc(C(=O)Cl)nc12. The predicted octanol–water partition coefficient (Wildman–Crippen LogP) is 5.92. The number of pyridine rings is 2. The summed E-state index contributed by atoms with van der Waals surface area (Å²) in [6, 6.07) is 4.95. The minimum Gasteiger partial charge on any atom is -0.493 e. The van der Waals surface area contributed by atoms with E-state index < -0.39 is 10.5 Å². The number of ether oxygens (including phenoxy) is 2. The van der Waals surface area contributed by atoms with Crippen LogP contribution in [0.3, 0.4) is 0 Å². The Kier molecular flexibility index (Phi) is 7.02. The van der Waals surface area contributed by atoms with E-state index in [1.165, 1.54) is 0 Å². The molecule has 0 spiro atoms. The molecule has 8 heteroatoms. The van der Waals surface area contributed by atoms with Gasteiger partial charge in [0, 0.05) is 28.5 Å². The van der Waals surface area contributed by atoms with Crippen LogP contribution in [0.4, 0.5) is 0 Å². The molecule has 2 aromatic heterocycles. The Bertz CT molecular complexity index is 1090. The summed E-state index contributed by atoms with van der Waals surface area (Å²) < 4.78 is 12.0. The first-order valence-electron chi connectivity index (χ1n) is 10.0. The number of fused-ring (bicyclic) bond motifs is 2. The Morgan fingerprint density at radius 3 is 1.52 bits per heavy atom. The molecule has 0 aliphatic rings. The highest BCUT2D eigenvalue weighted by atomic mass is 35.5. The molecule has 164 valence electrons. The van der Waals surface area contributed by atoms with Crippen molar-refractivity contribution in [2.75, 3.05) is 13.2 Å². The van der Waals surface area contributed by atoms with Gasteiger partial charge in [-0.1, -0.05) is 27.7 Å². The van der Waals surface area contributed by atoms with E-state index in [4.69, 9.17) is 32.7 Å². The zero-order valence-electron chi connectivity index (χ0n) is 18.1. The number of halogens is 2. The summed E-state index contributed by atoms with van der Waals surface area (Å²) in [6.07, 6.45) is 0.